The fraction of sp³-hybridized carbons (Fsp3) is 0.857. The number of hydrogen-bond donors (Lipinski definition) is 0. The standard InChI is InChI=1S/C14H24N2O2/c1-7-15-10-9(13(3,4)14(10,5)6)11(17)16(8-2)12(15)18/h9-10H,7-8H2,1-6H3. The van der Waals surface area contributed by atoms with Crippen molar-refractivity contribution >= 4 is 11.9 Å². The second kappa shape index (κ2) is 3.72. The van der Waals surface area contributed by atoms with Crippen LogP contribution in [0.4, 0.5) is 4.79 Å². The quantitative estimate of drug-likeness (QED) is 0.757. The van der Waals surface area contributed by atoms with Crippen LogP contribution in [0.25, 0.3) is 0 Å². The fourth-order valence-corrected chi connectivity index (χ4v) is 3.67. The number of urea groups is 1. The highest BCUT2D eigenvalue weighted by Crippen LogP contribution is 2.63. The molecule has 4 heteroatoms. The second-order valence-corrected chi connectivity index (χ2v) is 6.52. The molecule has 0 N–H and O–H groups in total. The first-order valence-corrected chi connectivity index (χ1v) is 6.83. The lowest BCUT2D eigenvalue weighted by atomic mass is 9.42. The Morgan fingerprint density at radius 3 is 2.00 bits per heavy atom. The largest absolute Gasteiger partial charge is 0.326 e. The molecule has 1 saturated carbocycles. The summed E-state index contributed by atoms with van der Waals surface area (Å²) in [5, 5.41) is 0. The first-order valence-electron chi connectivity index (χ1n) is 6.83. The molecule has 0 aromatic carbocycles. The van der Waals surface area contributed by atoms with E-state index in [0.717, 1.165) is 0 Å². The summed E-state index contributed by atoms with van der Waals surface area (Å²) >= 11 is 0. The predicted molar refractivity (Wildman–Crippen MR) is 70.0 cm³/mol. The number of hydrogen-bond acceptors (Lipinski definition) is 2. The van der Waals surface area contributed by atoms with Gasteiger partial charge in [0.2, 0.25) is 5.91 Å². The van der Waals surface area contributed by atoms with Gasteiger partial charge in [0.05, 0.1) is 12.0 Å². The molecule has 2 unspecified atom stereocenters. The predicted octanol–water partition coefficient (Wildman–Crippen LogP) is 2.34. The van der Waals surface area contributed by atoms with Crippen LogP contribution in [0.15, 0.2) is 0 Å². The van der Waals surface area contributed by atoms with E-state index in [1.165, 1.54) is 4.90 Å². The Balaban J connectivity index is 2.45. The minimum Gasteiger partial charge on any atom is -0.320 e. The molecular formula is C14H24N2O2. The van der Waals surface area contributed by atoms with Crippen LogP contribution in [0.2, 0.25) is 0 Å². The zero-order valence-electron chi connectivity index (χ0n) is 12.3. The van der Waals surface area contributed by atoms with Crippen LogP contribution in [0.5, 0.6) is 0 Å². The zero-order valence-corrected chi connectivity index (χ0v) is 12.3. The summed E-state index contributed by atoms with van der Waals surface area (Å²) in [7, 11) is 0. The molecule has 0 aromatic heterocycles. The highest BCUT2D eigenvalue weighted by atomic mass is 16.2. The molecule has 0 bridgehead atoms. The third-order valence-corrected chi connectivity index (χ3v) is 5.49. The van der Waals surface area contributed by atoms with Gasteiger partial charge in [-0.1, -0.05) is 27.7 Å². The monoisotopic (exact) mass is 252 g/mol. The third kappa shape index (κ3) is 1.26. The maximum absolute atomic E-state index is 12.5. The van der Waals surface area contributed by atoms with Gasteiger partial charge in [-0.3, -0.25) is 9.69 Å². The van der Waals surface area contributed by atoms with Crippen molar-refractivity contribution in [2.24, 2.45) is 16.7 Å². The van der Waals surface area contributed by atoms with E-state index in [1.807, 2.05) is 18.7 Å². The molecule has 1 saturated heterocycles. The molecule has 1 aliphatic carbocycles. The van der Waals surface area contributed by atoms with Gasteiger partial charge in [0.25, 0.3) is 0 Å². The average molecular weight is 252 g/mol. The molecule has 1 aliphatic heterocycles. The summed E-state index contributed by atoms with van der Waals surface area (Å²) in [5.74, 6) is -0.0355. The van der Waals surface area contributed by atoms with E-state index < -0.39 is 0 Å². The van der Waals surface area contributed by atoms with Crippen molar-refractivity contribution in [1.29, 1.82) is 0 Å². The van der Waals surface area contributed by atoms with Crippen LogP contribution >= 0.6 is 0 Å². The minimum absolute atomic E-state index is 0.0151. The van der Waals surface area contributed by atoms with E-state index in [9.17, 15) is 9.59 Å². The maximum Gasteiger partial charge on any atom is 0.326 e. The van der Waals surface area contributed by atoms with Crippen molar-refractivity contribution in [3.63, 3.8) is 0 Å². The zero-order chi connectivity index (χ0) is 13.9. The Kier molecular flexibility index (Phi) is 2.76. The van der Waals surface area contributed by atoms with Gasteiger partial charge < -0.3 is 4.90 Å². The van der Waals surface area contributed by atoms with E-state index in [0.29, 0.717) is 13.1 Å². The topological polar surface area (TPSA) is 40.6 Å². The SMILES string of the molecule is CCN1C(=O)C2C(N(CC)C1=O)C(C)(C)C2(C)C. The number of nitrogens with zero attached hydrogens (tertiary/aromatic N) is 2. The fourth-order valence-electron chi connectivity index (χ4n) is 3.67. The molecule has 2 atom stereocenters. The summed E-state index contributed by atoms with van der Waals surface area (Å²) in [5.41, 5.74) is -0.0743. The molecule has 2 rings (SSSR count). The molecule has 0 radical (unpaired) electrons. The van der Waals surface area contributed by atoms with Gasteiger partial charge in [0, 0.05) is 13.1 Å². The third-order valence-electron chi connectivity index (χ3n) is 5.49. The highest BCUT2D eigenvalue weighted by molar-refractivity contribution is 6.00. The molecule has 0 aromatic rings. The maximum atomic E-state index is 12.5. The van der Waals surface area contributed by atoms with Crippen LogP contribution in [0, 0.1) is 16.7 Å². The number of imide groups is 1. The van der Waals surface area contributed by atoms with Crippen LogP contribution in [-0.2, 0) is 4.79 Å². The molecule has 18 heavy (non-hydrogen) atoms. The summed E-state index contributed by atoms with van der Waals surface area (Å²) in [6.45, 7) is 13.6. The number of amides is 3. The van der Waals surface area contributed by atoms with Crippen LogP contribution in [-0.4, -0.2) is 40.9 Å². The lowest BCUT2D eigenvalue weighted by Crippen LogP contribution is -2.78. The lowest BCUT2D eigenvalue weighted by Gasteiger charge is -2.69. The highest BCUT2D eigenvalue weighted by Gasteiger charge is 2.70. The Bertz CT molecular complexity index is 401. The average Bonchev–Trinajstić information content (AvgIpc) is 2.28. The molecular weight excluding hydrogens is 228 g/mol. The van der Waals surface area contributed by atoms with E-state index in [-0.39, 0.29) is 34.7 Å². The summed E-state index contributed by atoms with van der Waals surface area (Å²) < 4.78 is 0. The van der Waals surface area contributed by atoms with Crippen molar-refractivity contribution < 1.29 is 9.59 Å². The number of rotatable bonds is 2. The molecule has 2 aliphatic rings. The van der Waals surface area contributed by atoms with Crippen LogP contribution < -0.4 is 0 Å². The normalized spacial score (nSPS) is 33.2. The van der Waals surface area contributed by atoms with Crippen molar-refractivity contribution in [2.45, 2.75) is 47.6 Å². The van der Waals surface area contributed by atoms with Crippen molar-refractivity contribution in [2.75, 3.05) is 13.1 Å². The van der Waals surface area contributed by atoms with Crippen LogP contribution in [0.3, 0.4) is 0 Å². The van der Waals surface area contributed by atoms with Gasteiger partial charge in [0.15, 0.2) is 0 Å². The van der Waals surface area contributed by atoms with E-state index >= 15 is 0 Å². The van der Waals surface area contributed by atoms with E-state index in [2.05, 4.69) is 27.7 Å². The Labute approximate surface area is 109 Å². The van der Waals surface area contributed by atoms with Gasteiger partial charge in [-0.25, -0.2) is 4.79 Å². The smallest absolute Gasteiger partial charge is 0.320 e. The first-order chi connectivity index (χ1) is 8.21. The number of carbonyl (C=O) groups is 2. The molecule has 0 spiro atoms. The minimum atomic E-state index is -0.116. The molecule has 4 nitrogen and oxygen atoms in total. The van der Waals surface area contributed by atoms with Gasteiger partial charge in [-0.05, 0) is 24.7 Å². The van der Waals surface area contributed by atoms with Gasteiger partial charge in [0.1, 0.15) is 0 Å². The van der Waals surface area contributed by atoms with Crippen molar-refractivity contribution in [3.05, 3.63) is 0 Å². The van der Waals surface area contributed by atoms with Gasteiger partial charge >= 0.3 is 6.03 Å². The Hall–Kier alpha value is -1.06. The number of fused-ring (bicyclic) bond motifs is 1. The van der Waals surface area contributed by atoms with E-state index in [4.69, 9.17) is 0 Å². The van der Waals surface area contributed by atoms with Crippen LogP contribution in [0.1, 0.15) is 41.5 Å². The summed E-state index contributed by atoms with van der Waals surface area (Å²) in [4.78, 5) is 28.1. The van der Waals surface area contributed by atoms with Gasteiger partial charge in [-0.15, -0.1) is 0 Å². The lowest BCUT2D eigenvalue weighted by molar-refractivity contribution is -0.201. The molecule has 2 fully saturated rings. The Morgan fingerprint density at radius 2 is 1.56 bits per heavy atom. The second-order valence-electron chi connectivity index (χ2n) is 6.52. The van der Waals surface area contributed by atoms with Gasteiger partial charge in [-0.2, -0.15) is 0 Å². The van der Waals surface area contributed by atoms with E-state index in [1.54, 1.807) is 0 Å². The molecule has 1 heterocycles. The molecule has 3 amide bonds. The first kappa shape index (κ1) is 13.4. The summed E-state index contributed by atoms with van der Waals surface area (Å²) in [6.07, 6.45) is 0. The molecule has 102 valence electrons. The Morgan fingerprint density at radius 1 is 1.00 bits per heavy atom. The number of carbonyl (C=O) groups excluding carboxylic acids is 2. The van der Waals surface area contributed by atoms with Crippen molar-refractivity contribution in [1.82, 2.24) is 9.80 Å². The summed E-state index contributed by atoms with van der Waals surface area (Å²) in [6, 6.07) is -0.0601. The van der Waals surface area contributed by atoms with Crippen molar-refractivity contribution in [3.8, 4) is 0 Å².